The summed E-state index contributed by atoms with van der Waals surface area (Å²) in [7, 11) is 4.00. The molecule has 0 heterocycles. The fourth-order valence-electron chi connectivity index (χ4n) is 1.31. The van der Waals surface area contributed by atoms with Crippen LogP contribution in [0, 0.1) is 5.41 Å². The minimum atomic E-state index is 0.151. The lowest BCUT2D eigenvalue weighted by molar-refractivity contribution is -0.150. The summed E-state index contributed by atoms with van der Waals surface area (Å²) in [5, 5.41) is 0. The molecule has 1 aliphatic carbocycles. The fraction of sp³-hybridized carbons (Fsp3) is 1.00. The predicted octanol–water partition coefficient (Wildman–Crippen LogP) is 1.23. The molecule has 0 aromatic heterocycles. The van der Waals surface area contributed by atoms with Gasteiger partial charge in [0.05, 0.1) is 6.61 Å². The molecule has 0 aromatic rings. The van der Waals surface area contributed by atoms with Crippen LogP contribution in [-0.4, -0.2) is 32.1 Å². The number of halogens is 1. The van der Waals surface area contributed by atoms with Gasteiger partial charge < -0.3 is 4.90 Å². The van der Waals surface area contributed by atoms with Crippen LogP contribution in [0.25, 0.3) is 0 Å². The molecule has 0 unspecified atom stereocenters. The molecule has 0 radical (unpaired) electrons. The molecular weight excluding hydrogens is 133 g/mol. The van der Waals surface area contributed by atoms with Gasteiger partial charge in [-0.15, -0.1) is 0 Å². The van der Waals surface area contributed by atoms with Gasteiger partial charge in [0.25, 0.3) is 0 Å². The monoisotopic (exact) mass is 147 g/mol. The van der Waals surface area contributed by atoms with Crippen LogP contribution in [0.5, 0.6) is 0 Å². The highest BCUT2D eigenvalue weighted by Gasteiger charge is 2.43. The smallest absolute Gasteiger partial charge is 0.0944 e. The minimum absolute atomic E-state index is 0.151. The normalized spacial score (nSPS) is 21.6. The van der Waals surface area contributed by atoms with Crippen molar-refractivity contribution in [2.45, 2.75) is 12.8 Å². The largest absolute Gasteiger partial charge is 0.309 e. The SMILES string of the molecule is CN(C)CC1(COF)CC1. The van der Waals surface area contributed by atoms with Crippen molar-refractivity contribution < 1.29 is 9.47 Å². The van der Waals surface area contributed by atoms with E-state index in [0.717, 1.165) is 19.4 Å². The van der Waals surface area contributed by atoms with Gasteiger partial charge in [-0.05, 0) is 31.5 Å². The topological polar surface area (TPSA) is 12.5 Å². The molecule has 1 rings (SSSR count). The van der Waals surface area contributed by atoms with Gasteiger partial charge in [-0.25, -0.2) is 0 Å². The first-order valence-corrected chi connectivity index (χ1v) is 3.57. The molecule has 1 aliphatic rings. The summed E-state index contributed by atoms with van der Waals surface area (Å²) >= 11 is 0. The predicted molar refractivity (Wildman–Crippen MR) is 37.3 cm³/mol. The van der Waals surface area contributed by atoms with E-state index in [1.807, 2.05) is 14.1 Å². The number of hydrogen-bond donors (Lipinski definition) is 0. The first-order chi connectivity index (χ1) is 4.68. The first-order valence-electron chi connectivity index (χ1n) is 3.57. The van der Waals surface area contributed by atoms with Gasteiger partial charge in [0, 0.05) is 12.0 Å². The molecule has 0 atom stereocenters. The highest BCUT2D eigenvalue weighted by Crippen LogP contribution is 2.46. The number of nitrogens with zero attached hydrogens (tertiary/aromatic N) is 1. The molecule has 0 saturated heterocycles. The zero-order valence-corrected chi connectivity index (χ0v) is 6.56. The van der Waals surface area contributed by atoms with Crippen molar-refractivity contribution in [2.24, 2.45) is 5.41 Å². The maximum absolute atomic E-state index is 11.5. The second kappa shape index (κ2) is 2.84. The Bertz CT molecular complexity index is 112. The lowest BCUT2D eigenvalue weighted by Gasteiger charge is -2.17. The molecule has 0 aromatic carbocycles. The second-order valence-electron chi connectivity index (χ2n) is 3.49. The maximum atomic E-state index is 11.5. The van der Waals surface area contributed by atoms with Gasteiger partial charge in [-0.3, -0.25) is 0 Å². The molecule has 0 aliphatic heterocycles. The van der Waals surface area contributed by atoms with Crippen LogP contribution in [0.2, 0.25) is 0 Å². The molecule has 1 saturated carbocycles. The Balaban J connectivity index is 2.23. The van der Waals surface area contributed by atoms with Crippen LogP contribution in [-0.2, 0) is 4.94 Å². The van der Waals surface area contributed by atoms with E-state index in [4.69, 9.17) is 0 Å². The van der Waals surface area contributed by atoms with Gasteiger partial charge in [-0.2, -0.15) is 4.94 Å². The zero-order valence-electron chi connectivity index (χ0n) is 6.56. The van der Waals surface area contributed by atoms with Gasteiger partial charge in [0.15, 0.2) is 0 Å². The molecule has 10 heavy (non-hydrogen) atoms. The Kier molecular flexibility index (Phi) is 2.26. The summed E-state index contributed by atoms with van der Waals surface area (Å²) < 4.78 is 11.5. The van der Waals surface area contributed by atoms with Gasteiger partial charge in [0.1, 0.15) is 0 Å². The van der Waals surface area contributed by atoms with Crippen molar-refractivity contribution >= 4 is 0 Å². The Morgan fingerprint density at radius 2 is 2.10 bits per heavy atom. The summed E-state index contributed by atoms with van der Waals surface area (Å²) in [5.74, 6) is 0. The molecule has 0 N–H and O–H groups in total. The molecule has 0 spiro atoms. The Morgan fingerprint density at radius 3 is 2.40 bits per heavy atom. The third-order valence-electron chi connectivity index (χ3n) is 1.97. The molecule has 3 heteroatoms. The van der Waals surface area contributed by atoms with E-state index in [9.17, 15) is 4.53 Å². The molecule has 1 fully saturated rings. The maximum Gasteiger partial charge on any atom is 0.0944 e. The summed E-state index contributed by atoms with van der Waals surface area (Å²) in [6.07, 6.45) is 2.21. The average Bonchev–Trinajstić information content (AvgIpc) is 2.47. The fourth-order valence-corrected chi connectivity index (χ4v) is 1.31. The van der Waals surface area contributed by atoms with E-state index in [2.05, 4.69) is 9.84 Å². The van der Waals surface area contributed by atoms with E-state index >= 15 is 0 Å². The Labute approximate surface area is 60.9 Å². The highest BCUT2D eigenvalue weighted by molar-refractivity contribution is 4.94. The summed E-state index contributed by atoms with van der Waals surface area (Å²) in [6, 6.07) is 0. The van der Waals surface area contributed by atoms with E-state index in [1.54, 1.807) is 0 Å². The van der Waals surface area contributed by atoms with Crippen LogP contribution in [0.3, 0.4) is 0 Å². The van der Waals surface area contributed by atoms with E-state index in [0.29, 0.717) is 0 Å². The third-order valence-corrected chi connectivity index (χ3v) is 1.97. The highest BCUT2D eigenvalue weighted by atomic mass is 19.3. The van der Waals surface area contributed by atoms with Crippen LogP contribution >= 0.6 is 0 Å². The Morgan fingerprint density at radius 1 is 1.50 bits per heavy atom. The number of rotatable bonds is 4. The standard InChI is InChI=1S/C7H14FNO/c1-9(2)5-7(3-4-7)6-10-8/h3-6H2,1-2H3. The third kappa shape index (κ3) is 1.92. The summed E-state index contributed by atoms with van der Waals surface area (Å²) in [5.41, 5.74) is 0.151. The van der Waals surface area contributed by atoms with Crippen LogP contribution in [0.15, 0.2) is 0 Å². The van der Waals surface area contributed by atoms with Gasteiger partial charge >= 0.3 is 0 Å². The summed E-state index contributed by atoms with van der Waals surface area (Å²) in [4.78, 5) is 5.72. The molecule has 0 amide bonds. The van der Waals surface area contributed by atoms with Crippen molar-refractivity contribution in [3.63, 3.8) is 0 Å². The lowest BCUT2D eigenvalue weighted by atomic mass is 10.1. The average molecular weight is 147 g/mol. The van der Waals surface area contributed by atoms with Crippen molar-refractivity contribution in [3.8, 4) is 0 Å². The quantitative estimate of drug-likeness (QED) is 0.593. The van der Waals surface area contributed by atoms with Gasteiger partial charge in [-0.1, -0.05) is 0 Å². The second-order valence-corrected chi connectivity index (χ2v) is 3.49. The molecule has 0 bridgehead atoms. The number of hydrogen-bond acceptors (Lipinski definition) is 2. The first kappa shape index (κ1) is 7.95. The van der Waals surface area contributed by atoms with E-state index in [1.165, 1.54) is 0 Å². The van der Waals surface area contributed by atoms with Crippen LogP contribution < -0.4 is 0 Å². The van der Waals surface area contributed by atoms with E-state index in [-0.39, 0.29) is 12.0 Å². The van der Waals surface area contributed by atoms with Crippen LogP contribution in [0.1, 0.15) is 12.8 Å². The molecular formula is C7H14FNO. The van der Waals surface area contributed by atoms with E-state index < -0.39 is 0 Å². The minimum Gasteiger partial charge on any atom is -0.309 e. The van der Waals surface area contributed by atoms with Gasteiger partial charge in [0.2, 0.25) is 0 Å². The Hall–Kier alpha value is -0.150. The van der Waals surface area contributed by atoms with Crippen molar-refractivity contribution in [3.05, 3.63) is 0 Å². The molecule has 60 valence electrons. The lowest BCUT2D eigenvalue weighted by Crippen LogP contribution is -2.25. The van der Waals surface area contributed by atoms with Crippen molar-refractivity contribution in [1.82, 2.24) is 4.90 Å². The van der Waals surface area contributed by atoms with Crippen molar-refractivity contribution in [2.75, 3.05) is 27.2 Å². The molecule has 2 nitrogen and oxygen atoms in total. The van der Waals surface area contributed by atoms with Crippen molar-refractivity contribution in [1.29, 1.82) is 0 Å². The zero-order chi connectivity index (χ0) is 7.61. The summed E-state index contributed by atoms with van der Waals surface area (Å²) in [6.45, 7) is 1.21. The van der Waals surface area contributed by atoms with Crippen LogP contribution in [0.4, 0.5) is 4.53 Å².